The Morgan fingerprint density at radius 2 is 2.38 bits per heavy atom. The SMILES string of the molecule is CC[C@H](CCC(=O)Nc1nccs1)C(=O)O. The monoisotopic (exact) mass is 242 g/mol. The molecule has 0 aliphatic rings. The topological polar surface area (TPSA) is 79.3 Å². The Balaban J connectivity index is 2.32. The lowest BCUT2D eigenvalue weighted by Crippen LogP contribution is -2.17. The number of thiazole rings is 1. The minimum atomic E-state index is -0.843. The van der Waals surface area contributed by atoms with Gasteiger partial charge >= 0.3 is 5.97 Å². The summed E-state index contributed by atoms with van der Waals surface area (Å²) in [6.45, 7) is 1.80. The van der Waals surface area contributed by atoms with Crippen molar-refractivity contribution in [1.29, 1.82) is 0 Å². The van der Waals surface area contributed by atoms with E-state index in [1.807, 2.05) is 0 Å². The molecule has 0 radical (unpaired) electrons. The van der Waals surface area contributed by atoms with Gasteiger partial charge in [-0.15, -0.1) is 11.3 Å². The van der Waals surface area contributed by atoms with Crippen LogP contribution in [0.5, 0.6) is 0 Å². The number of amides is 1. The lowest BCUT2D eigenvalue weighted by molar-refractivity contribution is -0.142. The Morgan fingerprint density at radius 3 is 2.88 bits per heavy atom. The zero-order valence-corrected chi connectivity index (χ0v) is 9.79. The maximum atomic E-state index is 11.4. The van der Waals surface area contributed by atoms with Crippen LogP contribution in [0.15, 0.2) is 11.6 Å². The number of aliphatic carboxylic acids is 1. The molecule has 0 fully saturated rings. The summed E-state index contributed by atoms with van der Waals surface area (Å²) in [4.78, 5) is 26.0. The minimum absolute atomic E-state index is 0.186. The summed E-state index contributed by atoms with van der Waals surface area (Å²) in [6.07, 6.45) is 2.72. The van der Waals surface area contributed by atoms with Crippen LogP contribution in [0.4, 0.5) is 5.13 Å². The highest BCUT2D eigenvalue weighted by atomic mass is 32.1. The van der Waals surface area contributed by atoms with Crippen LogP contribution in [0, 0.1) is 5.92 Å². The third-order valence-corrected chi connectivity index (χ3v) is 2.93. The van der Waals surface area contributed by atoms with Gasteiger partial charge in [0.15, 0.2) is 5.13 Å². The molecule has 0 aliphatic heterocycles. The van der Waals surface area contributed by atoms with Crippen molar-refractivity contribution in [3.63, 3.8) is 0 Å². The summed E-state index contributed by atoms with van der Waals surface area (Å²) in [6, 6.07) is 0. The van der Waals surface area contributed by atoms with Gasteiger partial charge in [-0.25, -0.2) is 4.98 Å². The molecule has 0 spiro atoms. The first-order chi connectivity index (χ1) is 7.63. The third-order valence-electron chi connectivity index (χ3n) is 2.24. The van der Waals surface area contributed by atoms with Crippen LogP contribution in [0.1, 0.15) is 26.2 Å². The highest BCUT2D eigenvalue weighted by Crippen LogP contribution is 2.14. The van der Waals surface area contributed by atoms with Gasteiger partial charge < -0.3 is 10.4 Å². The molecule has 1 aromatic rings. The molecular formula is C10H14N2O3S. The van der Waals surface area contributed by atoms with Crippen LogP contribution in [0.2, 0.25) is 0 Å². The Labute approximate surface area is 97.5 Å². The first-order valence-electron chi connectivity index (χ1n) is 5.05. The van der Waals surface area contributed by atoms with Crippen LogP contribution in [-0.2, 0) is 9.59 Å². The van der Waals surface area contributed by atoms with E-state index in [1.165, 1.54) is 11.3 Å². The van der Waals surface area contributed by atoms with Gasteiger partial charge in [0, 0.05) is 18.0 Å². The predicted molar refractivity (Wildman–Crippen MR) is 61.4 cm³/mol. The number of carbonyl (C=O) groups is 2. The van der Waals surface area contributed by atoms with E-state index in [1.54, 1.807) is 18.5 Å². The van der Waals surface area contributed by atoms with Gasteiger partial charge in [-0.3, -0.25) is 9.59 Å². The van der Waals surface area contributed by atoms with Gasteiger partial charge in [0.25, 0.3) is 0 Å². The number of carboxylic acid groups (broad SMARTS) is 1. The first kappa shape index (κ1) is 12.6. The van der Waals surface area contributed by atoms with Crippen LogP contribution in [0.25, 0.3) is 0 Å². The molecule has 0 bridgehead atoms. The molecule has 1 aromatic heterocycles. The molecule has 1 rings (SSSR count). The van der Waals surface area contributed by atoms with E-state index in [0.717, 1.165) is 0 Å². The molecule has 1 amide bonds. The molecule has 88 valence electrons. The molecule has 6 heteroatoms. The van der Waals surface area contributed by atoms with Gasteiger partial charge in [-0.1, -0.05) is 6.92 Å². The predicted octanol–water partition coefficient (Wildman–Crippen LogP) is 1.97. The van der Waals surface area contributed by atoms with Crippen LogP contribution < -0.4 is 5.32 Å². The average Bonchev–Trinajstić information content (AvgIpc) is 2.70. The summed E-state index contributed by atoms with van der Waals surface area (Å²) in [5.41, 5.74) is 0. The van der Waals surface area contributed by atoms with Crippen molar-refractivity contribution in [3.05, 3.63) is 11.6 Å². The fourth-order valence-electron chi connectivity index (χ4n) is 1.27. The number of nitrogens with one attached hydrogen (secondary N) is 1. The number of hydrogen-bond acceptors (Lipinski definition) is 4. The molecule has 0 aliphatic carbocycles. The van der Waals surface area contributed by atoms with Crippen molar-refractivity contribution >= 4 is 28.3 Å². The number of anilines is 1. The van der Waals surface area contributed by atoms with Crippen molar-refractivity contribution in [2.45, 2.75) is 26.2 Å². The van der Waals surface area contributed by atoms with Crippen LogP contribution in [-0.4, -0.2) is 22.0 Å². The van der Waals surface area contributed by atoms with E-state index >= 15 is 0 Å². The van der Waals surface area contributed by atoms with Gasteiger partial charge in [0.2, 0.25) is 5.91 Å². The fraction of sp³-hybridized carbons (Fsp3) is 0.500. The van der Waals surface area contributed by atoms with Crippen molar-refractivity contribution in [3.8, 4) is 0 Å². The van der Waals surface area contributed by atoms with Crippen LogP contribution in [0.3, 0.4) is 0 Å². The molecule has 1 atom stereocenters. The Bertz CT molecular complexity index is 351. The Hall–Kier alpha value is -1.43. The largest absolute Gasteiger partial charge is 0.481 e. The second-order valence-corrected chi connectivity index (χ2v) is 4.26. The first-order valence-corrected chi connectivity index (χ1v) is 5.93. The molecule has 0 aromatic carbocycles. The minimum Gasteiger partial charge on any atom is -0.481 e. The summed E-state index contributed by atoms with van der Waals surface area (Å²) in [5.74, 6) is -1.47. The molecule has 0 saturated heterocycles. The number of carboxylic acids is 1. The smallest absolute Gasteiger partial charge is 0.306 e. The molecule has 1 heterocycles. The quantitative estimate of drug-likeness (QED) is 0.799. The number of aromatic nitrogens is 1. The Kier molecular flexibility index (Phi) is 4.91. The molecule has 0 saturated carbocycles. The van der Waals surface area contributed by atoms with E-state index in [2.05, 4.69) is 10.3 Å². The number of carbonyl (C=O) groups excluding carboxylic acids is 1. The number of hydrogen-bond donors (Lipinski definition) is 2. The van der Waals surface area contributed by atoms with E-state index in [-0.39, 0.29) is 12.3 Å². The van der Waals surface area contributed by atoms with Crippen molar-refractivity contribution < 1.29 is 14.7 Å². The third kappa shape index (κ3) is 3.98. The van der Waals surface area contributed by atoms with E-state index in [0.29, 0.717) is 18.0 Å². The summed E-state index contributed by atoms with van der Waals surface area (Å²) in [5, 5.41) is 13.7. The van der Waals surface area contributed by atoms with Gasteiger partial charge in [-0.2, -0.15) is 0 Å². The number of rotatable bonds is 6. The van der Waals surface area contributed by atoms with E-state index in [4.69, 9.17) is 5.11 Å². The Morgan fingerprint density at radius 1 is 1.62 bits per heavy atom. The van der Waals surface area contributed by atoms with Gasteiger partial charge in [-0.05, 0) is 12.8 Å². The van der Waals surface area contributed by atoms with Gasteiger partial charge in [0.1, 0.15) is 0 Å². The molecule has 5 nitrogen and oxygen atoms in total. The maximum Gasteiger partial charge on any atom is 0.306 e. The summed E-state index contributed by atoms with van der Waals surface area (Å²) in [7, 11) is 0. The highest BCUT2D eigenvalue weighted by Gasteiger charge is 2.16. The standard InChI is InChI=1S/C10H14N2O3S/c1-2-7(9(14)15)3-4-8(13)12-10-11-5-6-16-10/h5-7H,2-4H2,1H3,(H,14,15)(H,11,12,13)/t7-/m1/s1. The molecule has 16 heavy (non-hydrogen) atoms. The number of nitrogens with zero attached hydrogens (tertiary/aromatic N) is 1. The summed E-state index contributed by atoms with van der Waals surface area (Å²) >= 11 is 1.34. The van der Waals surface area contributed by atoms with Crippen molar-refractivity contribution in [2.24, 2.45) is 5.92 Å². The van der Waals surface area contributed by atoms with Crippen molar-refractivity contribution in [1.82, 2.24) is 4.98 Å². The zero-order chi connectivity index (χ0) is 12.0. The normalized spacial score (nSPS) is 12.1. The molecular weight excluding hydrogens is 228 g/mol. The van der Waals surface area contributed by atoms with Crippen molar-refractivity contribution in [2.75, 3.05) is 5.32 Å². The second-order valence-electron chi connectivity index (χ2n) is 3.37. The highest BCUT2D eigenvalue weighted by molar-refractivity contribution is 7.13. The average molecular weight is 242 g/mol. The van der Waals surface area contributed by atoms with Crippen LogP contribution >= 0.6 is 11.3 Å². The molecule has 2 N–H and O–H groups in total. The van der Waals surface area contributed by atoms with Gasteiger partial charge in [0.05, 0.1) is 5.92 Å². The summed E-state index contributed by atoms with van der Waals surface area (Å²) < 4.78 is 0. The second kappa shape index (κ2) is 6.22. The maximum absolute atomic E-state index is 11.4. The fourth-order valence-corrected chi connectivity index (χ4v) is 1.82. The lowest BCUT2D eigenvalue weighted by atomic mass is 10.0. The lowest BCUT2D eigenvalue weighted by Gasteiger charge is -2.08. The van der Waals surface area contributed by atoms with E-state index < -0.39 is 11.9 Å². The zero-order valence-electron chi connectivity index (χ0n) is 8.97. The molecule has 0 unspecified atom stereocenters. The van der Waals surface area contributed by atoms with E-state index in [9.17, 15) is 9.59 Å².